The average molecular weight is 472 g/mol. The SMILES string of the molecule is CCOC(=O)Cn1c(C2CCCC2)c(C2=CCC(c3ccccc3)CC2)c2ccc(C(=O)O)cc21. The van der Waals surface area contributed by atoms with Crippen molar-refractivity contribution in [2.45, 2.75) is 70.3 Å². The van der Waals surface area contributed by atoms with Crippen molar-refractivity contribution in [3.63, 3.8) is 0 Å². The van der Waals surface area contributed by atoms with Crippen LogP contribution < -0.4 is 0 Å². The first-order valence-electron chi connectivity index (χ1n) is 12.9. The van der Waals surface area contributed by atoms with Crippen LogP contribution >= 0.6 is 0 Å². The minimum Gasteiger partial charge on any atom is -0.478 e. The highest BCUT2D eigenvalue weighted by Gasteiger charge is 2.31. The third kappa shape index (κ3) is 4.64. The highest BCUT2D eigenvalue weighted by Crippen LogP contribution is 2.46. The fourth-order valence-corrected chi connectivity index (χ4v) is 6.06. The van der Waals surface area contributed by atoms with Gasteiger partial charge in [-0.05, 0) is 74.1 Å². The van der Waals surface area contributed by atoms with Gasteiger partial charge in [-0.25, -0.2) is 4.79 Å². The largest absolute Gasteiger partial charge is 0.478 e. The number of aromatic nitrogens is 1. The summed E-state index contributed by atoms with van der Waals surface area (Å²) in [4.78, 5) is 24.4. The number of nitrogens with zero attached hydrogens (tertiary/aromatic N) is 1. The highest BCUT2D eigenvalue weighted by atomic mass is 16.5. The summed E-state index contributed by atoms with van der Waals surface area (Å²) in [6.45, 7) is 2.25. The van der Waals surface area contributed by atoms with Gasteiger partial charge in [0.25, 0.3) is 0 Å². The van der Waals surface area contributed by atoms with E-state index in [4.69, 9.17) is 4.74 Å². The zero-order valence-electron chi connectivity index (χ0n) is 20.3. The summed E-state index contributed by atoms with van der Waals surface area (Å²) in [6.07, 6.45) is 9.97. The molecule has 0 amide bonds. The zero-order chi connectivity index (χ0) is 24.4. The number of rotatable bonds is 7. The Morgan fingerprint density at radius 3 is 2.46 bits per heavy atom. The van der Waals surface area contributed by atoms with Gasteiger partial charge in [-0.2, -0.15) is 0 Å². The molecule has 2 aromatic carbocycles. The molecule has 2 aliphatic rings. The second kappa shape index (κ2) is 10.1. The Kier molecular flexibility index (Phi) is 6.76. The van der Waals surface area contributed by atoms with E-state index in [1.165, 1.54) is 35.2 Å². The summed E-state index contributed by atoms with van der Waals surface area (Å²) in [6, 6.07) is 16.1. The fourth-order valence-electron chi connectivity index (χ4n) is 6.06. The van der Waals surface area contributed by atoms with Gasteiger partial charge in [-0.15, -0.1) is 0 Å². The molecule has 1 unspecified atom stereocenters. The first kappa shape index (κ1) is 23.4. The third-order valence-corrected chi connectivity index (χ3v) is 7.69. The van der Waals surface area contributed by atoms with E-state index in [0.29, 0.717) is 18.4 Å². The Morgan fingerprint density at radius 2 is 1.80 bits per heavy atom. The van der Waals surface area contributed by atoms with Crippen molar-refractivity contribution in [2.24, 2.45) is 0 Å². The molecule has 0 aliphatic heterocycles. The molecule has 0 bridgehead atoms. The molecule has 3 aromatic rings. The minimum atomic E-state index is -0.956. The third-order valence-electron chi connectivity index (χ3n) is 7.69. The number of hydrogen-bond donors (Lipinski definition) is 1. The van der Waals surface area contributed by atoms with Crippen molar-refractivity contribution in [1.82, 2.24) is 4.57 Å². The van der Waals surface area contributed by atoms with Crippen molar-refractivity contribution in [3.8, 4) is 0 Å². The van der Waals surface area contributed by atoms with Crippen LogP contribution in [0.15, 0.2) is 54.6 Å². The Bertz CT molecular complexity index is 1260. The summed E-state index contributed by atoms with van der Waals surface area (Å²) in [7, 11) is 0. The van der Waals surface area contributed by atoms with Crippen LogP contribution in [0.25, 0.3) is 16.5 Å². The Morgan fingerprint density at radius 1 is 1.03 bits per heavy atom. The van der Waals surface area contributed by atoms with Gasteiger partial charge >= 0.3 is 11.9 Å². The molecule has 1 aromatic heterocycles. The van der Waals surface area contributed by atoms with E-state index in [9.17, 15) is 14.7 Å². The van der Waals surface area contributed by atoms with Gasteiger partial charge < -0.3 is 14.4 Å². The molecule has 1 fully saturated rings. The van der Waals surface area contributed by atoms with Crippen LogP contribution in [0.2, 0.25) is 0 Å². The normalized spacial score (nSPS) is 18.5. The topological polar surface area (TPSA) is 68.5 Å². The van der Waals surface area contributed by atoms with Crippen LogP contribution in [-0.2, 0) is 16.1 Å². The van der Waals surface area contributed by atoms with E-state index in [1.807, 2.05) is 13.0 Å². The first-order chi connectivity index (χ1) is 17.1. The van der Waals surface area contributed by atoms with Crippen molar-refractivity contribution >= 4 is 28.4 Å². The van der Waals surface area contributed by atoms with Gasteiger partial charge in [0.1, 0.15) is 6.54 Å². The lowest BCUT2D eigenvalue weighted by Gasteiger charge is -2.24. The lowest BCUT2D eigenvalue weighted by molar-refractivity contribution is -0.143. The lowest BCUT2D eigenvalue weighted by Crippen LogP contribution is -2.17. The van der Waals surface area contributed by atoms with Crippen LogP contribution in [0.5, 0.6) is 0 Å². The Labute approximate surface area is 206 Å². The standard InChI is InChI=1S/C30H33NO4/c1-2-35-27(32)19-31-26-18-24(30(33)34)16-17-25(26)28(29(31)23-10-6-7-11-23)22-14-12-21(13-15-22)20-8-4-3-5-9-20/h3-5,8-9,14,16-18,21,23H,2,6-7,10-13,15,19H2,1H3,(H,33,34). The minimum absolute atomic E-state index is 0.110. The van der Waals surface area contributed by atoms with Gasteiger partial charge in [0.05, 0.1) is 17.7 Å². The van der Waals surface area contributed by atoms with E-state index >= 15 is 0 Å². The number of benzene rings is 2. The van der Waals surface area contributed by atoms with Crippen LogP contribution in [0.1, 0.15) is 90.9 Å². The van der Waals surface area contributed by atoms with E-state index < -0.39 is 5.97 Å². The second-order valence-electron chi connectivity index (χ2n) is 9.78. The maximum absolute atomic E-state index is 12.7. The predicted molar refractivity (Wildman–Crippen MR) is 138 cm³/mol. The van der Waals surface area contributed by atoms with Gasteiger partial charge in [0, 0.05) is 16.6 Å². The summed E-state index contributed by atoms with van der Waals surface area (Å²) < 4.78 is 7.38. The maximum atomic E-state index is 12.7. The highest BCUT2D eigenvalue weighted by molar-refractivity contribution is 6.00. The smallest absolute Gasteiger partial charge is 0.335 e. The van der Waals surface area contributed by atoms with Crippen molar-refractivity contribution in [2.75, 3.05) is 6.61 Å². The monoisotopic (exact) mass is 471 g/mol. The Balaban J connectivity index is 1.64. The van der Waals surface area contributed by atoms with Gasteiger partial charge in [0.2, 0.25) is 0 Å². The van der Waals surface area contributed by atoms with E-state index in [0.717, 1.165) is 43.0 Å². The molecule has 2 aliphatic carbocycles. The number of carbonyl (C=O) groups is 2. The van der Waals surface area contributed by atoms with Gasteiger partial charge in [-0.3, -0.25) is 4.79 Å². The molecule has 5 rings (SSSR count). The zero-order valence-corrected chi connectivity index (χ0v) is 20.3. The molecule has 1 heterocycles. The predicted octanol–water partition coefficient (Wildman–Crippen LogP) is 6.91. The van der Waals surface area contributed by atoms with E-state index in [1.54, 1.807) is 12.1 Å². The van der Waals surface area contributed by atoms with Crippen LogP contribution in [0.3, 0.4) is 0 Å². The van der Waals surface area contributed by atoms with Gasteiger partial charge in [-0.1, -0.05) is 55.3 Å². The molecule has 0 radical (unpaired) electrons. The van der Waals surface area contributed by atoms with Crippen LogP contribution in [0.4, 0.5) is 0 Å². The molecule has 182 valence electrons. The molecule has 0 saturated heterocycles. The number of aromatic carboxylic acids is 1. The van der Waals surface area contributed by atoms with Crippen LogP contribution in [-0.4, -0.2) is 28.2 Å². The molecular weight excluding hydrogens is 438 g/mol. The molecular formula is C30H33NO4. The summed E-state index contributed by atoms with van der Waals surface area (Å²) >= 11 is 0. The quantitative estimate of drug-likeness (QED) is 0.380. The first-order valence-corrected chi connectivity index (χ1v) is 12.9. The van der Waals surface area contributed by atoms with Crippen molar-refractivity contribution in [3.05, 3.63) is 77.0 Å². The number of carboxylic acid groups (broad SMARTS) is 1. The van der Waals surface area contributed by atoms with Gasteiger partial charge in [0.15, 0.2) is 0 Å². The number of carbonyl (C=O) groups excluding carboxylic acids is 1. The summed E-state index contributed by atoms with van der Waals surface area (Å²) in [5.74, 6) is -0.353. The number of allylic oxidation sites excluding steroid dienone is 2. The summed E-state index contributed by atoms with van der Waals surface area (Å²) in [5, 5.41) is 10.7. The van der Waals surface area contributed by atoms with Crippen LogP contribution in [0, 0.1) is 0 Å². The maximum Gasteiger partial charge on any atom is 0.335 e. The molecule has 5 nitrogen and oxygen atoms in total. The number of carboxylic acids is 1. The lowest BCUT2D eigenvalue weighted by atomic mass is 9.81. The molecule has 1 N–H and O–H groups in total. The van der Waals surface area contributed by atoms with Crippen molar-refractivity contribution in [1.29, 1.82) is 0 Å². The van der Waals surface area contributed by atoms with E-state index in [2.05, 4.69) is 41.0 Å². The molecule has 1 atom stereocenters. The Hall–Kier alpha value is -3.34. The number of ether oxygens (including phenoxy) is 1. The fraction of sp³-hybridized carbons (Fsp3) is 0.400. The molecule has 0 spiro atoms. The number of hydrogen-bond acceptors (Lipinski definition) is 3. The number of fused-ring (bicyclic) bond motifs is 1. The summed E-state index contributed by atoms with van der Waals surface area (Å²) in [5.41, 5.74) is 6.19. The number of esters is 1. The second-order valence-corrected chi connectivity index (χ2v) is 9.78. The molecule has 1 saturated carbocycles. The molecule has 35 heavy (non-hydrogen) atoms. The molecule has 5 heteroatoms. The average Bonchev–Trinajstić information content (AvgIpc) is 3.51. The van der Waals surface area contributed by atoms with Crippen molar-refractivity contribution < 1.29 is 19.4 Å². The van der Waals surface area contributed by atoms with E-state index in [-0.39, 0.29) is 18.1 Å².